The minimum atomic E-state index is -1.31. The Kier molecular flexibility index (Phi) is 3.65. The summed E-state index contributed by atoms with van der Waals surface area (Å²) in [5.74, 6) is -1.82. The van der Waals surface area contributed by atoms with Crippen molar-refractivity contribution >= 4 is 28.9 Å². The summed E-state index contributed by atoms with van der Waals surface area (Å²) in [5, 5.41) is 20.7. The van der Waals surface area contributed by atoms with Gasteiger partial charge in [0.2, 0.25) is 0 Å². The molecule has 1 unspecified atom stereocenters. The quantitative estimate of drug-likeness (QED) is 0.910. The van der Waals surface area contributed by atoms with E-state index in [4.69, 9.17) is 16.7 Å². The standard InChI is InChI=1S/C12H8ClFO3S/c13-6-1-2-7(9(14)5-6)10(15)11-8(12(16)17)3-4-18-11/h1-5,10,15H,(H,16,17). The van der Waals surface area contributed by atoms with Crippen LogP contribution in [-0.4, -0.2) is 16.2 Å². The Balaban J connectivity index is 2.44. The second kappa shape index (κ2) is 5.06. The van der Waals surface area contributed by atoms with Gasteiger partial charge in [-0.05, 0) is 23.6 Å². The number of aromatic carboxylic acids is 1. The maximum Gasteiger partial charge on any atom is 0.336 e. The molecule has 1 heterocycles. The lowest BCUT2D eigenvalue weighted by Crippen LogP contribution is -2.06. The van der Waals surface area contributed by atoms with E-state index >= 15 is 0 Å². The lowest BCUT2D eigenvalue weighted by molar-refractivity contribution is 0.0692. The molecule has 0 aliphatic carbocycles. The number of thiophene rings is 1. The van der Waals surface area contributed by atoms with Gasteiger partial charge in [-0.2, -0.15) is 0 Å². The van der Waals surface area contributed by atoms with Crippen LogP contribution in [-0.2, 0) is 0 Å². The van der Waals surface area contributed by atoms with Crippen LogP contribution in [0.15, 0.2) is 29.6 Å². The third-order valence-electron chi connectivity index (χ3n) is 2.43. The lowest BCUT2D eigenvalue weighted by Gasteiger charge is -2.11. The molecular formula is C12H8ClFO3S. The Bertz CT molecular complexity index is 597. The van der Waals surface area contributed by atoms with Gasteiger partial charge >= 0.3 is 5.97 Å². The van der Waals surface area contributed by atoms with Gasteiger partial charge in [-0.25, -0.2) is 9.18 Å². The van der Waals surface area contributed by atoms with Crippen molar-refractivity contribution in [2.75, 3.05) is 0 Å². The number of aliphatic hydroxyl groups is 1. The summed E-state index contributed by atoms with van der Waals surface area (Å²) in [6.45, 7) is 0. The first-order valence-corrected chi connectivity index (χ1v) is 6.20. The third kappa shape index (κ3) is 2.38. The van der Waals surface area contributed by atoms with Crippen LogP contribution in [0.1, 0.15) is 26.9 Å². The number of carboxylic acids is 1. The van der Waals surface area contributed by atoms with E-state index in [1.807, 2.05) is 0 Å². The number of hydrogen-bond donors (Lipinski definition) is 2. The molecule has 2 N–H and O–H groups in total. The molecule has 0 amide bonds. The van der Waals surface area contributed by atoms with Crippen LogP contribution in [0.2, 0.25) is 5.02 Å². The minimum absolute atomic E-state index is 0.00403. The van der Waals surface area contributed by atoms with Gasteiger partial charge in [0.1, 0.15) is 11.9 Å². The molecule has 6 heteroatoms. The Hall–Kier alpha value is -1.43. The van der Waals surface area contributed by atoms with Crippen LogP contribution < -0.4 is 0 Å². The molecule has 0 saturated carbocycles. The number of aliphatic hydroxyl groups excluding tert-OH is 1. The van der Waals surface area contributed by atoms with Crippen molar-refractivity contribution in [3.05, 3.63) is 56.5 Å². The molecule has 0 aliphatic heterocycles. The fourth-order valence-electron chi connectivity index (χ4n) is 1.57. The fraction of sp³-hybridized carbons (Fsp3) is 0.0833. The van der Waals surface area contributed by atoms with Crippen molar-refractivity contribution in [2.45, 2.75) is 6.10 Å². The van der Waals surface area contributed by atoms with Crippen LogP contribution >= 0.6 is 22.9 Å². The number of halogens is 2. The predicted molar refractivity (Wildman–Crippen MR) is 66.8 cm³/mol. The maximum absolute atomic E-state index is 13.6. The van der Waals surface area contributed by atoms with Crippen LogP contribution in [0.5, 0.6) is 0 Å². The first-order valence-electron chi connectivity index (χ1n) is 4.94. The van der Waals surface area contributed by atoms with Gasteiger partial charge in [-0.1, -0.05) is 17.7 Å². The van der Waals surface area contributed by atoms with E-state index in [9.17, 15) is 14.3 Å². The summed E-state index contributed by atoms with van der Waals surface area (Å²) in [7, 11) is 0. The Labute approximate surface area is 111 Å². The molecule has 0 fully saturated rings. The zero-order valence-corrected chi connectivity index (χ0v) is 10.5. The highest BCUT2D eigenvalue weighted by molar-refractivity contribution is 7.10. The molecule has 0 bridgehead atoms. The zero-order chi connectivity index (χ0) is 13.3. The Morgan fingerprint density at radius 2 is 2.11 bits per heavy atom. The molecule has 0 radical (unpaired) electrons. The fourth-order valence-corrected chi connectivity index (χ4v) is 2.62. The molecule has 1 aromatic heterocycles. The molecule has 0 spiro atoms. The van der Waals surface area contributed by atoms with E-state index < -0.39 is 17.9 Å². The second-order valence-electron chi connectivity index (χ2n) is 3.57. The predicted octanol–water partition coefficient (Wildman–Crippen LogP) is 3.32. The SMILES string of the molecule is O=C(O)c1ccsc1C(O)c1ccc(Cl)cc1F. The monoisotopic (exact) mass is 286 g/mol. The van der Waals surface area contributed by atoms with Crippen LogP contribution in [0, 0.1) is 5.82 Å². The molecule has 1 atom stereocenters. The summed E-state index contributed by atoms with van der Waals surface area (Å²) in [6.07, 6.45) is -1.31. The summed E-state index contributed by atoms with van der Waals surface area (Å²) in [6, 6.07) is 5.23. The number of carbonyl (C=O) groups is 1. The summed E-state index contributed by atoms with van der Waals surface area (Å²) in [5.41, 5.74) is -0.0220. The molecule has 94 valence electrons. The normalized spacial score (nSPS) is 12.4. The molecule has 0 saturated heterocycles. The van der Waals surface area contributed by atoms with E-state index in [1.54, 1.807) is 0 Å². The van der Waals surface area contributed by atoms with E-state index in [0.29, 0.717) is 0 Å². The van der Waals surface area contributed by atoms with E-state index in [0.717, 1.165) is 17.4 Å². The molecule has 3 nitrogen and oxygen atoms in total. The smallest absolute Gasteiger partial charge is 0.336 e. The van der Waals surface area contributed by atoms with Crippen molar-refractivity contribution in [2.24, 2.45) is 0 Å². The highest BCUT2D eigenvalue weighted by Gasteiger charge is 2.22. The maximum atomic E-state index is 13.6. The van der Waals surface area contributed by atoms with Crippen molar-refractivity contribution in [1.29, 1.82) is 0 Å². The lowest BCUT2D eigenvalue weighted by atomic mass is 10.0. The molecular weight excluding hydrogens is 279 g/mol. The van der Waals surface area contributed by atoms with Crippen molar-refractivity contribution in [3.63, 3.8) is 0 Å². The first-order chi connectivity index (χ1) is 8.50. The average Bonchev–Trinajstić information content (AvgIpc) is 2.77. The van der Waals surface area contributed by atoms with Crippen molar-refractivity contribution in [3.8, 4) is 0 Å². The molecule has 2 rings (SSSR count). The topological polar surface area (TPSA) is 57.5 Å². The van der Waals surface area contributed by atoms with Gasteiger partial charge < -0.3 is 10.2 Å². The molecule has 1 aromatic carbocycles. The van der Waals surface area contributed by atoms with Gasteiger partial charge in [0.25, 0.3) is 0 Å². The van der Waals surface area contributed by atoms with Crippen molar-refractivity contribution in [1.82, 2.24) is 0 Å². The van der Waals surface area contributed by atoms with Gasteiger partial charge in [0.05, 0.1) is 10.4 Å². The van der Waals surface area contributed by atoms with Crippen LogP contribution in [0.4, 0.5) is 4.39 Å². The van der Waals surface area contributed by atoms with E-state index in [1.165, 1.54) is 23.6 Å². The number of hydrogen-bond acceptors (Lipinski definition) is 3. The Morgan fingerprint density at radius 3 is 2.72 bits per heavy atom. The molecule has 18 heavy (non-hydrogen) atoms. The highest BCUT2D eigenvalue weighted by atomic mass is 35.5. The molecule has 0 aliphatic rings. The minimum Gasteiger partial charge on any atom is -0.478 e. The number of rotatable bonds is 3. The highest BCUT2D eigenvalue weighted by Crippen LogP contribution is 2.31. The summed E-state index contributed by atoms with van der Waals surface area (Å²) in [4.78, 5) is 11.1. The van der Waals surface area contributed by atoms with E-state index in [2.05, 4.69) is 0 Å². The number of carboxylic acid groups (broad SMARTS) is 1. The average molecular weight is 287 g/mol. The van der Waals surface area contributed by atoms with Crippen LogP contribution in [0.3, 0.4) is 0 Å². The number of benzene rings is 1. The van der Waals surface area contributed by atoms with Crippen LogP contribution in [0.25, 0.3) is 0 Å². The van der Waals surface area contributed by atoms with Crippen molar-refractivity contribution < 1.29 is 19.4 Å². The van der Waals surface area contributed by atoms with Gasteiger partial charge in [0, 0.05) is 10.6 Å². The summed E-state index contributed by atoms with van der Waals surface area (Å²) >= 11 is 6.68. The Morgan fingerprint density at radius 1 is 1.39 bits per heavy atom. The molecule has 2 aromatic rings. The van der Waals surface area contributed by atoms with Gasteiger partial charge in [-0.15, -0.1) is 11.3 Å². The van der Waals surface area contributed by atoms with Gasteiger partial charge in [0.15, 0.2) is 0 Å². The van der Waals surface area contributed by atoms with E-state index in [-0.39, 0.29) is 21.0 Å². The zero-order valence-electron chi connectivity index (χ0n) is 8.93. The summed E-state index contributed by atoms with van der Waals surface area (Å²) < 4.78 is 13.6. The second-order valence-corrected chi connectivity index (χ2v) is 4.96. The first kappa shape index (κ1) is 13.0. The largest absolute Gasteiger partial charge is 0.478 e. The van der Waals surface area contributed by atoms with Gasteiger partial charge in [-0.3, -0.25) is 0 Å². The third-order valence-corrected chi connectivity index (χ3v) is 3.64.